The summed E-state index contributed by atoms with van der Waals surface area (Å²) in [4.78, 5) is 15.7. The zero-order chi connectivity index (χ0) is 15.4. The van der Waals surface area contributed by atoms with Crippen LogP contribution in [-0.2, 0) is 4.74 Å². The number of ether oxygens (including phenoxy) is 1. The molecule has 2 heterocycles. The molecule has 1 saturated heterocycles. The first-order valence-electron chi connectivity index (χ1n) is 6.81. The summed E-state index contributed by atoms with van der Waals surface area (Å²) in [5, 5.41) is 18.0. The standard InChI is InChI=1S/C15H19NO4S/c1-10-6-14(21-13(10)4-3-5-17)15(19)16-7-11(2)20-12(8-16)9-18/h6,11-12,17-18H,5,7-9H2,1-2H3. The van der Waals surface area contributed by atoms with E-state index in [1.165, 1.54) is 11.3 Å². The third-order valence-electron chi connectivity index (χ3n) is 3.23. The van der Waals surface area contributed by atoms with Crippen LogP contribution in [0.1, 0.15) is 27.0 Å². The molecule has 1 aromatic heterocycles. The van der Waals surface area contributed by atoms with Crippen LogP contribution in [0.3, 0.4) is 0 Å². The molecule has 5 nitrogen and oxygen atoms in total. The van der Waals surface area contributed by atoms with Gasteiger partial charge in [0.05, 0.1) is 28.6 Å². The number of hydrogen-bond donors (Lipinski definition) is 2. The minimum Gasteiger partial charge on any atom is -0.394 e. The van der Waals surface area contributed by atoms with E-state index < -0.39 is 0 Å². The fraction of sp³-hybridized carbons (Fsp3) is 0.533. The molecule has 1 amide bonds. The van der Waals surface area contributed by atoms with Crippen molar-refractivity contribution in [3.63, 3.8) is 0 Å². The van der Waals surface area contributed by atoms with Gasteiger partial charge in [-0.3, -0.25) is 4.79 Å². The Bertz CT molecular complexity index is 572. The highest BCUT2D eigenvalue weighted by Gasteiger charge is 2.29. The SMILES string of the molecule is Cc1cc(C(=O)N2CC(C)OC(CO)C2)sc1C#CCO. The van der Waals surface area contributed by atoms with Crippen molar-refractivity contribution in [2.75, 3.05) is 26.3 Å². The van der Waals surface area contributed by atoms with E-state index in [9.17, 15) is 9.90 Å². The number of aliphatic hydroxyl groups excluding tert-OH is 2. The maximum absolute atomic E-state index is 12.5. The van der Waals surface area contributed by atoms with Crippen LogP contribution >= 0.6 is 11.3 Å². The van der Waals surface area contributed by atoms with E-state index >= 15 is 0 Å². The Balaban J connectivity index is 2.16. The number of thiophene rings is 1. The number of rotatable bonds is 2. The highest BCUT2D eigenvalue weighted by atomic mass is 32.1. The van der Waals surface area contributed by atoms with Crippen molar-refractivity contribution >= 4 is 17.2 Å². The minimum absolute atomic E-state index is 0.0613. The third-order valence-corrected chi connectivity index (χ3v) is 4.37. The molecule has 0 aliphatic carbocycles. The van der Waals surface area contributed by atoms with Crippen LogP contribution < -0.4 is 0 Å². The molecule has 21 heavy (non-hydrogen) atoms. The number of nitrogens with zero attached hydrogens (tertiary/aromatic N) is 1. The molecular formula is C15H19NO4S. The van der Waals surface area contributed by atoms with Gasteiger partial charge in [0.2, 0.25) is 0 Å². The summed E-state index contributed by atoms with van der Waals surface area (Å²) in [7, 11) is 0. The number of amides is 1. The first-order chi connectivity index (χ1) is 10.0. The lowest BCUT2D eigenvalue weighted by molar-refractivity contribution is -0.0857. The normalized spacial score (nSPS) is 21.8. The fourth-order valence-corrected chi connectivity index (χ4v) is 3.31. The molecule has 0 radical (unpaired) electrons. The number of aryl methyl sites for hydroxylation is 1. The number of aliphatic hydroxyl groups is 2. The predicted molar refractivity (Wildman–Crippen MR) is 80.3 cm³/mol. The summed E-state index contributed by atoms with van der Waals surface area (Å²) in [6, 6.07) is 1.82. The van der Waals surface area contributed by atoms with Gasteiger partial charge in [0.1, 0.15) is 6.61 Å². The summed E-state index contributed by atoms with van der Waals surface area (Å²) in [6.07, 6.45) is -0.415. The Hall–Kier alpha value is -1.39. The van der Waals surface area contributed by atoms with Crippen LogP contribution in [-0.4, -0.2) is 59.5 Å². The molecule has 1 aromatic rings. The zero-order valence-electron chi connectivity index (χ0n) is 12.1. The molecule has 0 bridgehead atoms. The lowest BCUT2D eigenvalue weighted by Crippen LogP contribution is -2.50. The molecule has 1 aliphatic heterocycles. The van der Waals surface area contributed by atoms with Crippen molar-refractivity contribution in [3.05, 3.63) is 21.4 Å². The van der Waals surface area contributed by atoms with Crippen molar-refractivity contribution in [2.24, 2.45) is 0 Å². The molecule has 1 aliphatic rings. The summed E-state index contributed by atoms with van der Waals surface area (Å²) >= 11 is 1.33. The van der Waals surface area contributed by atoms with Crippen LogP contribution in [0.2, 0.25) is 0 Å². The lowest BCUT2D eigenvalue weighted by atomic mass is 10.2. The van der Waals surface area contributed by atoms with Crippen molar-refractivity contribution in [1.29, 1.82) is 0 Å². The molecule has 2 N–H and O–H groups in total. The quantitative estimate of drug-likeness (QED) is 0.786. The monoisotopic (exact) mass is 309 g/mol. The second kappa shape index (κ2) is 7.05. The van der Waals surface area contributed by atoms with Gasteiger partial charge in [-0.15, -0.1) is 11.3 Å². The van der Waals surface area contributed by atoms with Gasteiger partial charge in [0, 0.05) is 13.1 Å². The molecule has 1 fully saturated rings. The number of carbonyl (C=O) groups excluding carboxylic acids is 1. The van der Waals surface area contributed by atoms with Gasteiger partial charge in [-0.1, -0.05) is 11.8 Å². The van der Waals surface area contributed by atoms with Gasteiger partial charge < -0.3 is 19.8 Å². The third kappa shape index (κ3) is 3.83. The Labute approximate surface area is 128 Å². The Kier molecular flexibility index (Phi) is 5.37. The molecule has 0 aromatic carbocycles. The molecule has 2 atom stereocenters. The van der Waals surface area contributed by atoms with Crippen LogP contribution in [0.5, 0.6) is 0 Å². The highest BCUT2D eigenvalue weighted by Crippen LogP contribution is 2.24. The van der Waals surface area contributed by atoms with Crippen molar-refractivity contribution < 1.29 is 19.7 Å². The smallest absolute Gasteiger partial charge is 0.264 e. The van der Waals surface area contributed by atoms with Crippen LogP contribution in [0.4, 0.5) is 0 Å². The van der Waals surface area contributed by atoms with E-state index in [-0.39, 0.29) is 31.3 Å². The number of carbonyl (C=O) groups is 1. The van der Waals surface area contributed by atoms with E-state index in [4.69, 9.17) is 9.84 Å². The van der Waals surface area contributed by atoms with Gasteiger partial charge in [-0.05, 0) is 25.5 Å². The number of hydrogen-bond acceptors (Lipinski definition) is 5. The van der Waals surface area contributed by atoms with Gasteiger partial charge in [-0.2, -0.15) is 0 Å². The van der Waals surface area contributed by atoms with E-state index in [1.807, 2.05) is 19.9 Å². The molecular weight excluding hydrogens is 290 g/mol. The van der Waals surface area contributed by atoms with E-state index in [1.54, 1.807) is 4.90 Å². The predicted octanol–water partition coefficient (Wildman–Crippen LogP) is 0.622. The average molecular weight is 309 g/mol. The highest BCUT2D eigenvalue weighted by molar-refractivity contribution is 7.14. The Morgan fingerprint density at radius 3 is 2.95 bits per heavy atom. The molecule has 0 saturated carbocycles. The molecule has 6 heteroatoms. The van der Waals surface area contributed by atoms with Crippen LogP contribution in [0, 0.1) is 18.8 Å². The van der Waals surface area contributed by atoms with Crippen molar-refractivity contribution in [2.45, 2.75) is 26.1 Å². The summed E-state index contributed by atoms with van der Waals surface area (Å²) in [5.41, 5.74) is 0.935. The van der Waals surface area contributed by atoms with Crippen LogP contribution in [0.25, 0.3) is 0 Å². The summed E-state index contributed by atoms with van der Waals surface area (Å²) in [6.45, 7) is 4.41. The second-order valence-electron chi connectivity index (χ2n) is 5.04. The summed E-state index contributed by atoms with van der Waals surface area (Å²) in [5.74, 6) is 5.39. The first kappa shape index (κ1) is 16.0. The van der Waals surface area contributed by atoms with E-state index in [0.717, 1.165) is 10.4 Å². The zero-order valence-corrected chi connectivity index (χ0v) is 12.9. The molecule has 2 unspecified atom stereocenters. The minimum atomic E-state index is -0.326. The van der Waals surface area contributed by atoms with E-state index in [2.05, 4.69) is 11.8 Å². The van der Waals surface area contributed by atoms with Crippen molar-refractivity contribution in [3.8, 4) is 11.8 Å². The first-order valence-corrected chi connectivity index (χ1v) is 7.62. The molecule has 114 valence electrons. The Morgan fingerprint density at radius 2 is 2.29 bits per heavy atom. The second-order valence-corrected chi connectivity index (χ2v) is 6.10. The maximum Gasteiger partial charge on any atom is 0.264 e. The van der Waals surface area contributed by atoms with Gasteiger partial charge >= 0.3 is 0 Å². The maximum atomic E-state index is 12.5. The van der Waals surface area contributed by atoms with Gasteiger partial charge in [0.15, 0.2) is 0 Å². The lowest BCUT2D eigenvalue weighted by Gasteiger charge is -2.35. The number of morpholine rings is 1. The Morgan fingerprint density at radius 1 is 1.52 bits per heavy atom. The fourth-order valence-electron chi connectivity index (χ4n) is 2.30. The molecule has 2 rings (SSSR count). The van der Waals surface area contributed by atoms with Gasteiger partial charge in [-0.25, -0.2) is 0 Å². The van der Waals surface area contributed by atoms with Crippen LogP contribution in [0.15, 0.2) is 6.07 Å². The topological polar surface area (TPSA) is 70.0 Å². The average Bonchev–Trinajstić information content (AvgIpc) is 2.84. The molecule has 0 spiro atoms. The summed E-state index contributed by atoms with van der Waals surface area (Å²) < 4.78 is 5.54. The van der Waals surface area contributed by atoms with Gasteiger partial charge in [0.25, 0.3) is 5.91 Å². The largest absolute Gasteiger partial charge is 0.394 e. The van der Waals surface area contributed by atoms with E-state index in [0.29, 0.717) is 18.0 Å². The van der Waals surface area contributed by atoms with Crippen molar-refractivity contribution in [1.82, 2.24) is 4.90 Å².